The van der Waals surface area contributed by atoms with E-state index in [0.717, 1.165) is 21.9 Å². The van der Waals surface area contributed by atoms with E-state index in [4.69, 9.17) is 31.5 Å². The lowest BCUT2D eigenvalue weighted by Crippen LogP contribution is -2.22. The van der Waals surface area contributed by atoms with Crippen molar-refractivity contribution in [1.82, 2.24) is 4.98 Å². The van der Waals surface area contributed by atoms with Gasteiger partial charge >= 0.3 is 0 Å². The molecular weight excluding hydrogens is 476 g/mol. The number of nitrogens with two attached hydrogens (primary N) is 1. The Morgan fingerprint density at radius 1 is 1.29 bits per heavy atom. The fourth-order valence-corrected chi connectivity index (χ4v) is 4.41. The molecular formula is C23H23ClN6O3S. The van der Waals surface area contributed by atoms with Gasteiger partial charge in [0.1, 0.15) is 35.3 Å². The van der Waals surface area contributed by atoms with Gasteiger partial charge in [0.2, 0.25) is 0 Å². The molecule has 176 valence electrons. The summed E-state index contributed by atoms with van der Waals surface area (Å²) in [6.07, 6.45) is 1.72. The molecule has 5 rings (SSSR count). The van der Waals surface area contributed by atoms with Crippen molar-refractivity contribution in [2.75, 3.05) is 30.9 Å². The number of hydrogen-bond donors (Lipinski definition) is 3. The molecule has 4 N–H and O–H groups in total. The first-order valence-corrected chi connectivity index (χ1v) is 11.9. The number of ether oxygens (including phenoxy) is 3. The zero-order chi connectivity index (χ0) is 23.5. The van der Waals surface area contributed by atoms with E-state index in [2.05, 4.69) is 25.6 Å². The summed E-state index contributed by atoms with van der Waals surface area (Å²) < 4.78 is 16.9. The number of thiazole rings is 1. The van der Waals surface area contributed by atoms with Crippen molar-refractivity contribution >= 4 is 51.9 Å². The normalized spacial score (nSPS) is 19.4. The van der Waals surface area contributed by atoms with Gasteiger partial charge in [-0.25, -0.2) is 15.0 Å². The summed E-state index contributed by atoms with van der Waals surface area (Å²) >= 11 is 7.93. The number of rotatable bonds is 7. The Hall–Kier alpha value is -3.34. The van der Waals surface area contributed by atoms with Crippen LogP contribution in [0.1, 0.15) is 10.6 Å². The van der Waals surface area contributed by atoms with Gasteiger partial charge in [-0.05, 0) is 36.4 Å². The van der Waals surface area contributed by atoms with Crippen LogP contribution in [0.2, 0.25) is 5.02 Å². The molecule has 2 aliphatic rings. The summed E-state index contributed by atoms with van der Waals surface area (Å²) in [6, 6.07) is 11.6. The van der Waals surface area contributed by atoms with Crippen molar-refractivity contribution in [3.8, 4) is 5.75 Å². The Morgan fingerprint density at radius 3 is 2.97 bits per heavy atom. The molecule has 0 amide bonds. The Kier molecular flexibility index (Phi) is 6.52. The number of aliphatic imine (C=N–C) groups is 2. The van der Waals surface area contributed by atoms with Crippen LogP contribution >= 0.6 is 22.9 Å². The van der Waals surface area contributed by atoms with E-state index in [9.17, 15) is 0 Å². The van der Waals surface area contributed by atoms with Crippen LogP contribution in [0.3, 0.4) is 0 Å². The summed E-state index contributed by atoms with van der Waals surface area (Å²) in [7, 11) is 1.83. The van der Waals surface area contributed by atoms with E-state index >= 15 is 0 Å². The highest BCUT2D eigenvalue weighted by atomic mass is 35.5. The highest BCUT2D eigenvalue weighted by molar-refractivity contribution is 7.09. The molecule has 9 nitrogen and oxygen atoms in total. The molecule has 0 saturated carbocycles. The first-order chi connectivity index (χ1) is 16.6. The summed E-state index contributed by atoms with van der Waals surface area (Å²) in [5, 5.41) is 9.59. The molecule has 2 aromatic carbocycles. The highest BCUT2D eigenvalue weighted by Crippen LogP contribution is 2.31. The minimum atomic E-state index is -0.0246. The largest absolute Gasteiger partial charge is 0.485 e. The molecule has 2 aliphatic heterocycles. The van der Waals surface area contributed by atoms with Crippen molar-refractivity contribution < 1.29 is 14.2 Å². The Labute approximate surface area is 205 Å². The molecule has 0 aliphatic carbocycles. The standard InChI is InChI=1S/C23H23ClN6O3S/c1-26-17-4-2-13(29-23-30-18-10-31-11-20(18)33-23)8-15(17)22(25)28-14-3-5-19(16(24)9-14)32-12-21-27-6-7-34-21/h2-9,18,20,26H,10-12H2,1H3,(H2,25,28)(H,29,30). The summed E-state index contributed by atoms with van der Waals surface area (Å²) in [6.45, 7) is 1.49. The number of benzene rings is 2. The zero-order valence-electron chi connectivity index (χ0n) is 18.3. The van der Waals surface area contributed by atoms with Crippen molar-refractivity contribution in [1.29, 1.82) is 0 Å². The number of fused-ring (bicyclic) bond motifs is 1. The molecule has 2 unspecified atom stereocenters. The third kappa shape index (κ3) is 4.93. The average molecular weight is 499 g/mol. The Morgan fingerprint density at radius 2 is 2.21 bits per heavy atom. The first kappa shape index (κ1) is 22.5. The van der Waals surface area contributed by atoms with Gasteiger partial charge in [0.15, 0.2) is 0 Å². The van der Waals surface area contributed by atoms with Crippen LogP contribution in [0.4, 0.5) is 17.1 Å². The topological polar surface area (TPSA) is 115 Å². The molecule has 0 bridgehead atoms. The molecule has 0 radical (unpaired) electrons. The maximum Gasteiger partial charge on any atom is 0.290 e. The van der Waals surface area contributed by atoms with E-state index in [-0.39, 0.29) is 12.1 Å². The van der Waals surface area contributed by atoms with E-state index in [1.807, 2.05) is 30.6 Å². The van der Waals surface area contributed by atoms with Gasteiger partial charge < -0.3 is 30.6 Å². The van der Waals surface area contributed by atoms with Crippen molar-refractivity contribution in [2.24, 2.45) is 15.7 Å². The molecule has 1 aromatic heterocycles. The Bertz CT molecular complexity index is 1230. The van der Waals surface area contributed by atoms with Gasteiger partial charge in [-0.1, -0.05) is 11.6 Å². The first-order valence-electron chi connectivity index (χ1n) is 10.7. The van der Waals surface area contributed by atoms with Gasteiger partial charge in [-0.3, -0.25) is 0 Å². The van der Waals surface area contributed by atoms with Crippen molar-refractivity contribution in [2.45, 2.75) is 18.8 Å². The summed E-state index contributed by atoms with van der Waals surface area (Å²) in [5.41, 5.74) is 9.35. The van der Waals surface area contributed by atoms with Gasteiger partial charge in [-0.2, -0.15) is 0 Å². The number of amidine groups is 2. The second kappa shape index (κ2) is 9.88. The monoisotopic (exact) mass is 498 g/mol. The van der Waals surface area contributed by atoms with Gasteiger partial charge in [0.25, 0.3) is 6.02 Å². The summed E-state index contributed by atoms with van der Waals surface area (Å²) in [5.74, 6) is 0.893. The molecule has 3 heterocycles. The van der Waals surface area contributed by atoms with Crippen LogP contribution < -0.4 is 21.1 Å². The molecule has 34 heavy (non-hydrogen) atoms. The minimum absolute atomic E-state index is 0.0246. The predicted molar refractivity (Wildman–Crippen MR) is 135 cm³/mol. The smallest absolute Gasteiger partial charge is 0.290 e. The molecule has 11 heteroatoms. The van der Waals surface area contributed by atoms with E-state index in [1.165, 1.54) is 11.3 Å². The van der Waals surface area contributed by atoms with E-state index in [1.54, 1.807) is 24.4 Å². The van der Waals surface area contributed by atoms with Gasteiger partial charge in [0.05, 0.1) is 23.9 Å². The van der Waals surface area contributed by atoms with Crippen LogP contribution in [0, 0.1) is 0 Å². The number of aromatic nitrogens is 1. The molecule has 3 aromatic rings. The molecule has 1 fully saturated rings. The molecule has 2 atom stereocenters. The second-order valence-corrected chi connectivity index (χ2v) is 9.04. The lowest BCUT2D eigenvalue weighted by molar-refractivity contribution is 0.138. The van der Waals surface area contributed by atoms with Crippen LogP contribution in [0.15, 0.2) is 58.0 Å². The number of hydrogen-bond acceptors (Lipinski definition) is 9. The van der Waals surface area contributed by atoms with Gasteiger partial charge in [0, 0.05) is 35.6 Å². The predicted octanol–water partition coefficient (Wildman–Crippen LogP) is 4.02. The van der Waals surface area contributed by atoms with Crippen molar-refractivity contribution in [3.05, 3.63) is 63.6 Å². The van der Waals surface area contributed by atoms with E-state index in [0.29, 0.717) is 48.1 Å². The third-order valence-electron chi connectivity index (χ3n) is 5.36. The fourth-order valence-electron chi connectivity index (χ4n) is 3.66. The zero-order valence-corrected chi connectivity index (χ0v) is 19.9. The highest BCUT2D eigenvalue weighted by Gasteiger charge is 2.36. The van der Waals surface area contributed by atoms with Gasteiger partial charge in [-0.15, -0.1) is 11.3 Å². The third-order valence-corrected chi connectivity index (χ3v) is 6.41. The number of halogens is 1. The van der Waals surface area contributed by atoms with Crippen LogP contribution in [-0.4, -0.2) is 49.2 Å². The maximum atomic E-state index is 6.41. The second-order valence-electron chi connectivity index (χ2n) is 7.66. The van der Waals surface area contributed by atoms with Crippen LogP contribution in [0.5, 0.6) is 5.75 Å². The van der Waals surface area contributed by atoms with E-state index < -0.39 is 0 Å². The average Bonchev–Trinajstić information content (AvgIpc) is 3.57. The Balaban J connectivity index is 1.32. The maximum absolute atomic E-state index is 6.41. The minimum Gasteiger partial charge on any atom is -0.485 e. The molecule has 1 saturated heterocycles. The lowest BCUT2D eigenvalue weighted by Gasteiger charge is -2.13. The number of nitrogens with zero attached hydrogens (tertiary/aromatic N) is 3. The lowest BCUT2D eigenvalue weighted by atomic mass is 10.1. The van der Waals surface area contributed by atoms with Crippen LogP contribution in [-0.2, 0) is 16.1 Å². The SMILES string of the molecule is CNc1ccc(NC2=NC3COCC3O2)cc1C(N)=Nc1ccc(OCc2nccs2)c(Cl)c1. The number of anilines is 2. The number of nitrogens with one attached hydrogen (secondary N) is 2. The quantitative estimate of drug-likeness (QED) is 0.333. The molecule has 0 spiro atoms. The van der Waals surface area contributed by atoms with Crippen LogP contribution in [0.25, 0.3) is 0 Å². The fraction of sp³-hybridized carbons (Fsp3) is 0.261. The summed E-state index contributed by atoms with van der Waals surface area (Å²) in [4.78, 5) is 13.3. The van der Waals surface area contributed by atoms with Crippen molar-refractivity contribution in [3.63, 3.8) is 0 Å².